The molecule has 4 aromatic rings. The lowest BCUT2D eigenvalue weighted by Gasteiger charge is -2.50. The Morgan fingerprint density at radius 3 is 2.51 bits per heavy atom. The van der Waals surface area contributed by atoms with Crippen LogP contribution in [0.5, 0.6) is 5.75 Å². The Kier molecular flexibility index (Phi) is 4.69. The molecule has 8 nitrogen and oxygen atoms in total. The van der Waals surface area contributed by atoms with E-state index in [4.69, 9.17) is 20.2 Å². The van der Waals surface area contributed by atoms with Crippen molar-refractivity contribution in [3.63, 3.8) is 0 Å². The van der Waals surface area contributed by atoms with Crippen molar-refractivity contribution in [1.82, 2.24) is 14.5 Å². The molecule has 2 aromatic carbocycles. The van der Waals surface area contributed by atoms with Crippen molar-refractivity contribution in [3.8, 4) is 39.7 Å². The van der Waals surface area contributed by atoms with Gasteiger partial charge in [-0.1, -0.05) is 54.6 Å². The summed E-state index contributed by atoms with van der Waals surface area (Å²) in [6, 6.07) is 19.6. The van der Waals surface area contributed by atoms with Crippen molar-refractivity contribution in [1.29, 1.82) is 0 Å². The molecule has 1 fully saturated rings. The number of ether oxygens (including phenoxy) is 2. The fraction of sp³-hybridized carbons (Fsp3) is 0.222. The van der Waals surface area contributed by atoms with Crippen LogP contribution in [0.1, 0.15) is 25.3 Å². The summed E-state index contributed by atoms with van der Waals surface area (Å²) in [5.41, 5.74) is 8.81. The van der Waals surface area contributed by atoms with Gasteiger partial charge in [0.2, 0.25) is 0 Å². The van der Waals surface area contributed by atoms with Crippen LogP contribution in [0.3, 0.4) is 0 Å². The van der Waals surface area contributed by atoms with Gasteiger partial charge in [-0.3, -0.25) is 9.55 Å². The topological polar surface area (TPSA) is 112 Å². The number of imidazole rings is 1. The fourth-order valence-corrected chi connectivity index (χ4v) is 5.32. The van der Waals surface area contributed by atoms with E-state index in [-0.39, 0.29) is 12.8 Å². The first kappa shape index (κ1) is 21.4. The van der Waals surface area contributed by atoms with E-state index >= 15 is 0 Å². The van der Waals surface area contributed by atoms with Crippen LogP contribution < -0.4 is 10.5 Å². The van der Waals surface area contributed by atoms with Gasteiger partial charge in [0.05, 0.1) is 22.6 Å². The lowest BCUT2D eigenvalue weighted by molar-refractivity contribution is -0.175. The largest absolute Gasteiger partial charge is 0.472 e. The first-order valence-electron chi connectivity index (χ1n) is 11.4. The third-order valence-electron chi connectivity index (χ3n) is 6.70. The standard InChI is InChI=1S/C27H24N4O4/c1-26(33)14-27(15-26,35-25(28)32)19-9-7-17(8-10-19)22-23(18-5-3-2-4-6-18)31-16-34-21-11-12-29-13-20(21)24(31)30-22/h2-13,33H,14-16H2,1H3,(H2,28,32). The Hall–Kier alpha value is -4.17. The molecule has 2 aliphatic rings. The monoisotopic (exact) mass is 468 g/mol. The number of amides is 1. The third kappa shape index (κ3) is 3.54. The van der Waals surface area contributed by atoms with Gasteiger partial charge < -0.3 is 20.3 Å². The molecule has 176 valence electrons. The summed E-state index contributed by atoms with van der Waals surface area (Å²) < 4.78 is 13.5. The second kappa shape index (κ2) is 7.68. The molecular formula is C27H24N4O4. The highest BCUT2D eigenvalue weighted by atomic mass is 16.6. The summed E-state index contributed by atoms with van der Waals surface area (Å²) in [6.45, 7) is 2.06. The molecule has 0 atom stereocenters. The minimum atomic E-state index is -0.929. The molecule has 6 rings (SSSR count). The van der Waals surface area contributed by atoms with Crippen LogP contribution in [-0.4, -0.2) is 31.3 Å². The van der Waals surface area contributed by atoms with Crippen LogP contribution >= 0.6 is 0 Å². The van der Waals surface area contributed by atoms with Crippen LogP contribution in [0.25, 0.3) is 33.9 Å². The van der Waals surface area contributed by atoms with E-state index in [9.17, 15) is 9.90 Å². The van der Waals surface area contributed by atoms with E-state index < -0.39 is 17.3 Å². The number of aliphatic hydroxyl groups is 1. The average molecular weight is 469 g/mol. The minimum Gasteiger partial charge on any atom is -0.472 e. The number of nitrogens with zero attached hydrogens (tertiary/aromatic N) is 3. The molecule has 0 unspecified atom stereocenters. The summed E-state index contributed by atoms with van der Waals surface area (Å²) in [4.78, 5) is 20.9. The van der Waals surface area contributed by atoms with Gasteiger partial charge in [-0.05, 0) is 18.6 Å². The molecule has 0 spiro atoms. The molecule has 1 aliphatic heterocycles. The maximum Gasteiger partial charge on any atom is 0.405 e. The maximum absolute atomic E-state index is 11.6. The molecule has 3 heterocycles. The van der Waals surface area contributed by atoms with Gasteiger partial charge in [0.25, 0.3) is 0 Å². The number of carbonyl (C=O) groups is 1. The summed E-state index contributed by atoms with van der Waals surface area (Å²) in [5.74, 6) is 1.54. The minimum absolute atomic E-state index is 0.289. The smallest absolute Gasteiger partial charge is 0.405 e. The quantitative estimate of drug-likeness (QED) is 0.457. The van der Waals surface area contributed by atoms with Crippen LogP contribution in [0.2, 0.25) is 0 Å². The Balaban J connectivity index is 1.46. The molecule has 2 aromatic heterocycles. The summed E-state index contributed by atoms with van der Waals surface area (Å²) in [6.07, 6.45) is 3.19. The van der Waals surface area contributed by atoms with Crippen LogP contribution in [0.15, 0.2) is 73.1 Å². The van der Waals surface area contributed by atoms with Crippen molar-refractivity contribution in [2.24, 2.45) is 5.73 Å². The van der Waals surface area contributed by atoms with E-state index in [0.717, 1.165) is 45.2 Å². The molecule has 1 aliphatic carbocycles. The van der Waals surface area contributed by atoms with Crippen molar-refractivity contribution < 1.29 is 19.4 Å². The van der Waals surface area contributed by atoms with Crippen molar-refractivity contribution in [2.45, 2.75) is 37.7 Å². The molecule has 1 saturated carbocycles. The zero-order valence-corrected chi connectivity index (χ0v) is 19.1. The van der Waals surface area contributed by atoms with Crippen LogP contribution in [0, 0.1) is 0 Å². The summed E-state index contributed by atoms with van der Waals surface area (Å²) in [5, 5.41) is 10.3. The Bertz CT molecular complexity index is 1420. The number of aromatic nitrogens is 3. The van der Waals surface area contributed by atoms with Gasteiger partial charge in [0.1, 0.15) is 17.2 Å². The highest BCUT2D eigenvalue weighted by Gasteiger charge is 2.55. The van der Waals surface area contributed by atoms with Gasteiger partial charge in [0, 0.05) is 36.4 Å². The molecule has 35 heavy (non-hydrogen) atoms. The normalized spacial score (nSPS) is 22.3. The summed E-state index contributed by atoms with van der Waals surface area (Å²) >= 11 is 0. The van der Waals surface area contributed by atoms with E-state index in [1.807, 2.05) is 60.7 Å². The third-order valence-corrected chi connectivity index (χ3v) is 6.70. The lowest BCUT2D eigenvalue weighted by atomic mass is 9.65. The van der Waals surface area contributed by atoms with E-state index in [1.165, 1.54) is 0 Å². The Labute approximate surface area is 202 Å². The van der Waals surface area contributed by atoms with Gasteiger partial charge in [-0.25, -0.2) is 9.78 Å². The predicted octanol–water partition coefficient (Wildman–Crippen LogP) is 4.46. The molecule has 3 N–H and O–H groups in total. The molecular weight excluding hydrogens is 444 g/mol. The number of fused-ring (bicyclic) bond motifs is 3. The first-order chi connectivity index (χ1) is 16.9. The first-order valence-corrected chi connectivity index (χ1v) is 11.4. The van der Waals surface area contributed by atoms with Crippen molar-refractivity contribution in [3.05, 3.63) is 78.6 Å². The van der Waals surface area contributed by atoms with Crippen LogP contribution in [-0.2, 0) is 17.1 Å². The number of hydrogen-bond acceptors (Lipinski definition) is 6. The van der Waals surface area contributed by atoms with E-state index in [0.29, 0.717) is 6.73 Å². The molecule has 0 saturated heterocycles. The SMILES string of the molecule is CC1(O)CC(OC(N)=O)(c2ccc(-c3nc4n(c3-c3ccccc3)COc3ccncc3-4)cc2)C1. The summed E-state index contributed by atoms with van der Waals surface area (Å²) in [7, 11) is 0. The Morgan fingerprint density at radius 2 is 1.83 bits per heavy atom. The zero-order valence-electron chi connectivity index (χ0n) is 19.1. The second-order valence-electron chi connectivity index (χ2n) is 9.42. The highest BCUT2D eigenvalue weighted by molar-refractivity contribution is 5.83. The number of pyridine rings is 1. The number of benzene rings is 2. The van der Waals surface area contributed by atoms with Gasteiger partial charge in [-0.2, -0.15) is 0 Å². The molecule has 0 bridgehead atoms. The van der Waals surface area contributed by atoms with Gasteiger partial charge >= 0.3 is 6.09 Å². The molecule has 1 amide bonds. The highest BCUT2D eigenvalue weighted by Crippen LogP contribution is 2.51. The maximum atomic E-state index is 11.6. The number of carbonyl (C=O) groups excluding carboxylic acids is 1. The molecule has 8 heteroatoms. The number of rotatable bonds is 4. The zero-order chi connectivity index (χ0) is 24.2. The Morgan fingerprint density at radius 1 is 1.09 bits per heavy atom. The van der Waals surface area contributed by atoms with Gasteiger partial charge in [-0.15, -0.1) is 0 Å². The van der Waals surface area contributed by atoms with Crippen LogP contribution in [0.4, 0.5) is 4.79 Å². The number of primary amides is 1. The van der Waals surface area contributed by atoms with Gasteiger partial charge in [0.15, 0.2) is 6.73 Å². The van der Waals surface area contributed by atoms with E-state index in [2.05, 4.69) is 9.55 Å². The molecule has 0 radical (unpaired) electrons. The average Bonchev–Trinajstić information content (AvgIpc) is 3.23. The lowest BCUT2D eigenvalue weighted by Crippen LogP contribution is -2.55. The number of hydrogen-bond donors (Lipinski definition) is 2. The van der Waals surface area contributed by atoms with Crippen molar-refractivity contribution in [2.75, 3.05) is 0 Å². The predicted molar refractivity (Wildman–Crippen MR) is 129 cm³/mol. The van der Waals surface area contributed by atoms with Crippen molar-refractivity contribution >= 4 is 6.09 Å². The number of nitrogens with two attached hydrogens (primary N) is 1. The fourth-order valence-electron chi connectivity index (χ4n) is 5.32. The van der Waals surface area contributed by atoms with E-state index in [1.54, 1.807) is 19.3 Å². The second-order valence-corrected chi connectivity index (χ2v) is 9.42.